The summed E-state index contributed by atoms with van der Waals surface area (Å²) < 4.78 is 45.6. The van der Waals surface area contributed by atoms with E-state index in [1.165, 1.54) is 11.0 Å². The Hall–Kier alpha value is -3.51. The first-order valence-corrected chi connectivity index (χ1v) is 15.6. The molecule has 0 aromatic heterocycles. The molecule has 0 saturated carbocycles. The van der Waals surface area contributed by atoms with Crippen LogP contribution in [-0.2, 0) is 19.6 Å². The molecule has 0 unspecified atom stereocenters. The third-order valence-corrected chi connectivity index (χ3v) is 8.28. The van der Waals surface area contributed by atoms with Crippen molar-refractivity contribution in [3.8, 4) is 11.1 Å². The molecule has 230 valence electrons. The van der Waals surface area contributed by atoms with Crippen molar-refractivity contribution in [1.29, 1.82) is 0 Å². The van der Waals surface area contributed by atoms with Gasteiger partial charge in [0, 0.05) is 33.1 Å². The fourth-order valence-corrected chi connectivity index (χ4v) is 5.96. The zero-order valence-electron chi connectivity index (χ0n) is 25.1. The van der Waals surface area contributed by atoms with E-state index in [4.69, 9.17) is 4.74 Å². The Kier molecular flexibility index (Phi) is 10.7. The number of ether oxygens (including phenoxy) is 1. The molecule has 1 aliphatic rings. The predicted octanol–water partition coefficient (Wildman–Crippen LogP) is 4.17. The first-order chi connectivity index (χ1) is 19.5. The maximum Gasteiger partial charge on any atom is 0.410 e. The van der Waals surface area contributed by atoms with Crippen molar-refractivity contribution in [2.45, 2.75) is 59.5 Å². The van der Waals surface area contributed by atoms with Crippen molar-refractivity contribution < 1.29 is 31.9 Å². The highest BCUT2D eigenvalue weighted by atomic mass is 32.2. The number of aryl methyl sites for hydroxylation is 2. The number of nitrogens with zero attached hydrogens (tertiary/aromatic N) is 2. The van der Waals surface area contributed by atoms with Gasteiger partial charge in [-0.05, 0) is 82.2 Å². The van der Waals surface area contributed by atoms with Crippen LogP contribution >= 0.6 is 0 Å². The lowest BCUT2D eigenvalue weighted by atomic mass is 9.98. The molecule has 1 aliphatic heterocycles. The van der Waals surface area contributed by atoms with Gasteiger partial charge in [-0.15, -0.1) is 4.83 Å². The van der Waals surface area contributed by atoms with Gasteiger partial charge in [-0.25, -0.2) is 17.6 Å². The Morgan fingerprint density at radius 3 is 2.36 bits per heavy atom. The van der Waals surface area contributed by atoms with Crippen LogP contribution in [0.4, 0.5) is 9.18 Å². The molecule has 0 bridgehead atoms. The van der Waals surface area contributed by atoms with Crippen LogP contribution in [0.1, 0.15) is 61.5 Å². The monoisotopic (exact) mass is 604 g/mol. The Morgan fingerprint density at radius 2 is 1.74 bits per heavy atom. The molecule has 1 fully saturated rings. The van der Waals surface area contributed by atoms with E-state index in [-0.39, 0.29) is 41.7 Å². The predicted molar refractivity (Wildman–Crippen MR) is 158 cm³/mol. The van der Waals surface area contributed by atoms with Crippen LogP contribution in [0, 0.1) is 25.6 Å². The number of carbonyl (C=O) groups excluding carboxylic acids is 3. The molecule has 2 N–H and O–H groups in total. The summed E-state index contributed by atoms with van der Waals surface area (Å²) in [6.45, 7) is 9.76. The third-order valence-electron chi connectivity index (χ3n) is 6.96. The molecule has 0 aliphatic carbocycles. The number of hydrogen-bond acceptors (Lipinski definition) is 6. The van der Waals surface area contributed by atoms with E-state index in [9.17, 15) is 27.2 Å². The fraction of sp³-hybridized carbons (Fsp3) is 0.500. The van der Waals surface area contributed by atoms with Crippen molar-refractivity contribution >= 4 is 27.9 Å². The molecule has 0 atom stereocenters. The van der Waals surface area contributed by atoms with Crippen LogP contribution in [-0.4, -0.2) is 74.2 Å². The normalized spacial score (nSPS) is 14.4. The van der Waals surface area contributed by atoms with Gasteiger partial charge in [0.15, 0.2) is 0 Å². The quantitative estimate of drug-likeness (QED) is 0.414. The maximum absolute atomic E-state index is 14.8. The van der Waals surface area contributed by atoms with Crippen molar-refractivity contribution in [3.63, 3.8) is 0 Å². The zero-order valence-corrected chi connectivity index (χ0v) is 25.9. The number of halogens is 1. The summed E-state index contributed by atoms with van der Waals surface area (Å²) in [5.41, 5.74) is 3.97. The number of nitrogens with one attached hydrogen (secondary N) is 2. The molecule has 3 rings (SSSR count). The van der Waals surface area contributed by atoms with Gasteiger partial charge in [-0.1, -0.05) is 29.8 Å². The van der Waals surface area contributed by atoms with Crippen molar-refractivity contribution in [3.05, 3.63) is 58.9 Å². The lowest BCUT2D eigenvalue weighted by Gasteiger charge is -2.32. The van der Waals surface area contributed by atoms with E-state index >= 15 is 0 Å². The van der Waals surface area contributed by atoms with Crippen molar-refractivity contribution in [2.75, 3.05) is 32.4 Å². The lowest BCUT2D eigenvalue weighted by Crippen LogP contribution is -2.46. The van der Waals surface area contributed by atoms with E-state index in [0.717, 1.165) is 11.1 Å². The first kappa shape index (κ1) is 33.0. The molecule has 10 nitrogen and oxygen atoms in total. The number of hydrogen-bond donors (Lipinski definition) is 2. The molecule has 2 aromatic rings. The number of carbonyl (C=O) groups is 3. The number of hydrazine groups is 1. The lowest BCUT2D eigenvalue weighted by molar-refractivity contribution is -0.132. The molecular formula is C30H41FN4O6S. The minimum absolute atomic E-state index is 0.123. The molecule has 12 heteroatoms. The average molecular weight is 605 g/mol. The second kappa shape index (κ2) is 13.6. The molecule has 3 amide bonds. The minimum Gasteiger partial charge on any atom is -0.444 e. The standard InChI is InChI=1S/C30H41FN4O6S/c1-20-8-7-9-23(16-20)24-17-21(2)27(31)25(18-24)28(37)32-33-42(39,40)19-22-10-14-35(15-11-22)26(36)12-13-34(6)29(38)41-30(3,4)5/h7-9,16-18,22,33H,10-15,19H2,1-6H3,(H,32,37). The van der Waals surface area contributed by atoms with Gasteiger partial charge >= 0.3 is 6.09 Å². The summed E-state index contributed by atoms with van der Waals surface area (Å²) in [6.07, 6.45) is 0.563. The summed E-state index contributed by atoms with van der Waals surface area (Å²) in [5.74, 6) is -2.22. The fourth-order valence-electron chi connectivity index (χ4n) is 4.67. The van der Waals surface area contributed by atoms with Crippen LogP contribution in [0.25, 0.3) is 11.1 Å². The minimum atomic E-state index is -3.92. The summed E-state index contributed by atoms with van der Waals surface area (Å²) in [4.78, 5) is 42.6. The van der Waals surface area contributed by atoms with Crippen molar-refractivity contribution in [1.82, 2.24) is 20.1 Å². The van der Waals surface area contributed by atoms with Crippen LogP contribution in [0.2, 0.25) is 0 Å². The first-order valence-electron chi connectivity index (χ1n) is 13.9. The van der Waals surface area contributed by atoms with Gasteiger partial charge in [0.05, 0.1) is 11.3 Å². The summed E-state index contributed by atoms with van der Waals surface area (Å²) in [6, 6.07) is 10.6. The van der Waals surface area contributed by atoms with Crippen molar-refractivity contribution in [2.24, 2.45) is 5.92 Å². The Balaban J connectivity index is 1.49. The smallest absolute Gasteiger partial charge is 0.410 e. The second-order valence-corrected chi connectivity index (χ2v) is 13.6. The average Bonchev–Trinajstić information content (AvgIpc) is 2.91. The summed E-state index contributed by atoms with van der Waals surface area (Å²) >= 11 is 0. The maximum atomic E-state index is 14.8. The third kappa shape index (κ3) is 9.52. The molecule has 1 heterocycles. The van der Waals surface area contributed by atoms with Gasteiger partial charge in [0.25, 0.3) is 5.91 Å². The Labute approximate surface area is 247 Å². The molecule has 42 heavy (non-hydrogen) atoms. The van der Waals surface area contributed by atoms with Gasteiger partial charge in [-0.2, -0.15) is 0 Å². The summed E-state index contributed by atoms with van der Waals surface area (Å²) in [7, 11) is -2.35. The zero-order chi connectivity index (χ0) is 31.2. The largest absolute Gasteiger partial charge is 0.444 e. The molecular weight excluding hydrogens is 563 g/mol. The SMILES string of the molecule is Cc1cccc(-c2cc(C)c(F)c(C(=O)NNS(=O)(=O)CC3CCN(C(=O)CCN(C)C(=O)OC(C)(C)C)CC3)c2)c1. The number of benzene rings is 2. The van der Waals surface area contributed by atoms with E-state index in [1.807, 2.05) is 31.2 Å². The van der Waals surface area contributed by atoms with Gasteiger partial charge in [0.2, 0.25) is 15.9 Å². The van der Waals surface area contributed by atoms with E-state index in [1.54, 1.807) is 45.7 Å². The van der Waals surface area contributed by atoms with Crippen LogP contribution in [0.3, 0.4) is 0 Å². The number of piperidine rings is 1. The molecule has 2 aromatic carbocycles. The Morgan fingerprint density at radius 1 is 1.07 bits per heavy atom. The van der Waals surface area contributed by atoms with Crippen LogP contribution in [0.15, 0.2) is 36.4 Å². The van der Waals surface area contributed by atoms with Crippen LogP contribution < -0.4 is 10.3 Å². The highest BCUT2D eigenvalue weighted by Gasteiger charge is 2.28. The van der Waals surface area contributed by atoms with Gasteiger partial charge in [-0.3, -0.25) is 15.0 Å². The van der Waals surface area contributed by atoms with E-state index in [0.29, 0.717) is 31.5 Å². The number of sulfonamides is 1. The summed E-state index contributed by atoms with van der Waals surface area (Å²) in [5, 5.41) is 0. The number of amides is 3. The molecule has 0 radical (unpaired) electrons. The highest BCUT2D eigenvalue weighted by molar-refractivity contribution is 7.89. The van der Waals surface area contributed by atoms with E-state index in [2.05, 4.69) is 10.3 Å². The molecule has 0 spiro atoms. The molecule has 1 saturated heterocycles. The topological polar surface area (TPSA) is 125 Å². The number of likely N-dealkylation sites (tertiary alicyclic amines) is 1. The Bertz CT molecular complexity index is 1420. The highest BCUT2D eigenvalue weighted by Crippen LogP contribution is 2.26. The number of rotatable bonds is 9. The second-order valence-electron chi connectivity index (χ2n) is 11.8. The van der Waals surface area contributed by atoms with Crippen LogP contribution in [0.5, 0.6) is 0 Å². The van der Waals surface area contributed by atoms with E-state index < -0.39 is 33.4 Å². The van der Waals surface area contributed by atoms with Gasteiger partial charge < -0.3 is 14.5 Å². The van der Waals surface area contributed by atoms with Gasteiger partial charge in [0.1, 0.15) is 11.4 Å².